The van der Waals surface area contributed by atoms with E-state index in [4.69, 9.17) is 4.74 Å². The van der Waals surface area contributed by atoms with Gasteiger partial charge >= 0.3 is 6.09 Å². The molecule has 1 amide bonds. The summed E-state index contributed by atoms with van der Waals surface area (Å²) >= 11 is 0. The molecular formula is C21H20N6O2. The number of aryl methyl sites for hydroxylation is 1. The number of carbonyl (C=O) groups excluding carboxylic acids is 1. The van der Waals surface area contributed by atoms with Gasteiger partial charge < -0.3 is 14.6 Å². The van der Waals surface area contributed by atoms with Crippen LogP contribution in [0.15, 0.2) is 67.3 Å². The molecular weight excluding hydrogens is 368 g/mol. The number of nitrogens with one attached hydrogen (secondary N) is 2. The van der Waals surface area contributed by atoms with Crippen LogP contribution >= 0.6 is 0 Å². The number of amides is 1. The van der Waals surface area contributed by atoms with E-state index in [1.807, 2.05) is 54.0 Å². The molecule has 0 aliphatic carbocycles. The van der Waals surface area contributed by atoms with Gasteiger partial charge in [-0.15, -0.1) is 0 Å². The second-order valence-corrected chi connectivity index (χ2v) is 6.31. The highest BCUT2D eigenvalue weighted by molar-refractivity contribution is 5.86. The van der Waals surface area contributed by atoms with Crippen LogP contribution in [0.3, 0.4) is 0 Å². The smallest absolute Gasteiger partial charge is 0.411 e. The third kappa shape index (κ3) is 4.32. The normalized spacial score (nSPS) is 10.7. The third-order valence-corrected chi connectivity index (χ3v) is 4.35. The Hall–Kier alpha value is -3.94. The average molecular weight is 388 g/mol. The first-order chi connectivity index (χ1) is 14.2. The maximum Gasteiger partial charge on any atom is 0.411 e. The fourth-order valence-electron chi connectivity index (χ4n) is 2.85. The number of aromatic nitrogens is 4. The third-order valence-electron chi connectivity index (χ3n) is 4.35. The lowest BCUT2D eigenvalue weighted by Gasteiger charge is -2.09. The molecule has 0 aliphatic rings. The van der Waals surface area contributed by atoms with Crippen LogP contribution in [0, 0.1) is 0 Å². The van der Waals surface area contributed by atoms with Crippen LogP contribution in [-0.4, -0.2) is 25.6 Å². The summed E-state index contributed by atoms with van der Waals surface area (Å²) in [5, 5.41) is 5.95. The van der Waals surface area contributed by atoms with Gasteiger partial charge in [-0.05, 0) is 36.8 Å². The Labute approximate surface area is 167 Å². The molecule has 4 rings (SSSR count). The highest BCUT2D eigenvalue weighted by Crippen LogP contribution is 2.23. The molecule has 0 unspecified atom stereocenters. The van der Waals surface area contributed by atoms with Crippen molar-refractivity contribution in [2.75, 3.05) is 10.6 Å². The summed E-state index contributed by atoms with van der Waals surface area (Å²) < 4.78 is 7.18. The molecule has 8 heteroatoms. The average Bonchev–Trinajstić information content (AvgIpc) is 3.19. The number of hydrogen-bond acceptors (Lipinski definition) is 6. The Kier molecular flexibility index (Phi) is 5.33. The molecule has 0 saturated carbocycles. The van der Waals surface area contributed by atoms with Crippen molar-refractivity contribution in [2.24, 2.45) is 0 Å². The summed E-state index contributed by atoms with van der Waals surface area (Å²) in [4.78, 5) is 24.9. The zero-order valence-electron chi connectivity index (χ0n) is 15.9. The molecule has 2 N–H and O–H groups in total. The Bertz CT molecular complexity index is 1110. The molecule has 2 heterocycles. The number of nitrogens with zero attached hydrogens (tertiary/aromatic N) is 4. The van der Waals surface area contributed by atoms with Crippen molar-refractivity contribution in [1.82, 2.24) is 19.5 Å². The molecule has 0 saturated heterocycles. The zero-order valence-corrected chi connectivity index (χ0v) is 15.9. The van der Waals surface area contributed by atoms with E-state index >= 15 is 0 Å². The Morgan fingerprint density at radius 1 is 1.00 bits per heavy atom. The largest absolute Gasteiger partial charge is 0.444 e. The Morgan fingerprint density at radius 3 is 2.52 bits per heavy atom. The van der Waals surface area contributed by atoms with E-state index < -0.39 is 6.09 Å². The van der Waals surface area contributed by atoms with E-state index in [1.54, 1.807) is 18.5 Å². The predicted octanol–water partition coefficient (Wildman–Crippen LogP) is 4.34. The van der Waals surface area contributed by atoms with Crippen molar-refractivity contribution in [2.45, 2.75) is 20.1 Å². The quantitative estimate of drug-likeness (QED) is 0.510. The SMILES string of the molecule is CCn1cnc2c(Nc3ccc(NC(=O)OCc4ccccc4)cc3)ncnc21. The van der Waals surface area contributed by atoms with Crippen molar-refractivity contribution < 1.29 is 9.53 Å². The summed E-state index contributed by atoms with van der Waals surface area (Å²) in [6, 6.07) is 16.8. The molecule has 0 bridgehead atoms. The zero-order chi connectivity index (χ0) is 20.1. The highest BCUT2D eigenvalue weighted by Gasteiger charge is 2.10. The first-order valence-electron chi connectivity index (χ1n) is 9.23. The van der Waals surface area contributed by atoms with E-state index in [0.29, 0.717) is 17.0 Å². The van der Waals surface area contributed by atoms with E-state index in [9.17, 15) is 4.79 Å². The number of benzene rings is 2. The first kappa shape index (κ1) is 18.4. The van der Waals surface area contributed by atoms with Crippen LogP contribution in [0.2, 0.25) is 0 Å². The van der Waals surface area contributed by atoms with Crippen molar-refractivity contribution in [3.63, 3.8) is 0 Å². The van der Waals surface area contributed by atoms with Crippen LogP contribution in [0.25, 0.3) is 11.2 Å². The Morgan fingerprint density at radius 2 is 1.76 bits per heavy atom. The molecule has 4 aromatic rings. The monoisotopic (exact) mass is 388 g/mol. The lowest BCUT2D eigenvalue weighted by Crippen LogP contribution is -2.13. The van der Waals surface area contributed by atoms with E-state index in [2.05, 4.69) is 25.6 Å². The fraction of sp³-hybridized carbons (Fsp3) is 0.143. The lowest BCUT2D eigenvalue weighted by atomic mass is 10.2. The second-order valence-electron chi connectivity index (χ2n) is 6.31. The maximum atomic E-state index is 12.0. The summed E-state index contributed by atoms with van der Waals surface area (Å²) in [6.45, 7) is 3.04. The number of ether oxygens (including phenoxy) is 1. The number of hydrogen-bond donors (Lipinski definition) is 2. The number of imidazole rings is 1. The summed E-state index contributed by atoms with van der Waals surface area (Å²) in [5.41, 5.74) is 3.88. The fourth-order valence-corrected chi connectivity index (χ4v) is 2.85. The number of carbonyl (C=O) groups is 1. The van der Waals surface area contributed by atoms with Gasteiger partial charge in [-0.2, -0.15) is 0 Å². The topological polar surface area (TPSA) is 94.0 Å². The molecule has 0 fully saturated rings. The van der Waals surface area contributed by atoms with Crippen molar-refractivity contribution >= 4 is 34.4 Å². The minimum Gasteiger partial charge on any atom is -0.444 e. The van der Waals surface area contributed by atoms with Gasteiger partial charge in [0.2, 0.25) is 0 Å². The first-order valence-corrected chi connectivity index (χ1v) is 9.23. The minimum atomic E-state index is -0.503. The van der Waals surface area contributed by atoms with Crippen LogP contribution in [0.4, 0.5) is 22.0 Å². The highest BCUT2D eigenvalue weighted by atomic mass is 16.5. The number of anilines is 3. The van der Waals surface area contributed by atoms with Gasteiger partial charge in [0, 0.05) is 17.9 Å². The van der Waals surface area contributed by atoms with Crippen molar-refractivity contribution in [1.29, 1.82) is 0 Å². The maximum absolute atomic E-state index is 12.0. The van der Waals surface area contributed by atoms with Gasteiger partial charge in [0.05, 0.1) is 6.33 Å². The minimum absolute atomic E-state index is 0.223. The molecule has 29 heavy (non-hydrogen) atoms. The van der Waals surface area contributed by atoms with E-state index in [-0.39, 0.29) is 6.61 Å². The van der Waals surface area contributed by atoms with Gasteiger partial charge in [-0.3, -0.25) is 5.32 Å². The predicted molar refractivity (Wildman–Crippen MR) is 111 cm³/mol. The molecule has 0 aliphatic heterocycles. The van der Waals surface area contributed by atoms with Gasteiger partial charge in [-0.1, -0.05) is 30.3 Å². The van der Waals surface area contributed by atoms with E-state index in [1.165, 1.54) is 6.33 Å². The molecule has 146 valence electrons. The lowest BCUT2D eigenvalue weighted by molar-refractivity contribution is 0.155. The molecule has 2 aromatic heterocycles. The second kappa shape index (κ2) is 8.39. The molecule has 0 radical (unpaired) electrons. The van der Waals surface area contributed by atoms with Gasteiger partial charge in [0.1, 0.15) is 12.9 Å². The standard InChI is InChI=1S/C21H20N6O2/c1-2-27-14-24-18-19(22-13-23-20(18)27)25-16-8-10-17(11-9-16)26-21(28)29-12-15-6-4-3-5-7-15/h3-11,13-14H,2,12H2,1H3,(H,26,28)(H,22,23,25). The molecule has 0 atom stereocenters. The number of rotatable bonds is 6. The van der Waals surface area contributed by atoms with E-state index in [0.717, 1.165) is 23.4 Å². The molecule has 2 aromatic carbocycles. The van der Waals surface area contributed by atoms with Gasteiger partial charge in [0.25, 0.3) is 0 Å². The van der Waals surface area contributed by atoms with Crippen molar-refractivity contribution in [3.05, 3.63) is 72.8 Å². The van der Waals surface area contributed by atoms with Gasteiger partial charge in [0.15, 0.2) is 17.0 Å². The number of fused-ring (bicyclic) bond motifs is 1. The summed E-state index contributed by atoms with van der Waals surface area (Å²) in [7, 11) is 0. The summed E-state index contributed by atoms with van der Waals surface area (Å²) in [6.07, 6.45) is 2.76. The Balaban J connectivity index is 1.38. The molecule has 8 nitrogen and oxygen atoms in total. The van der Waals surface area contributed by atoms with Gasteiger partial charge in [-0.25, -0.2) is 19.7 Å². The molecule has 0 spiro atoms. The summed E-state index contributed by atoms with van der Waals surface area (Å²) in [5.74, 6) is 0.630. The van der Waals surface area contributed by atoms with Crippen LogP contribution in [-0.2, 0) is 17.9 Å². The van der Waals surface area contributed by atoms with Crippen LogP contribution < -0.4 is 10.6 Å². The van der Waals surface area contributed by atoms with Crippen LogP contribution in [0.1, 0.15) is 12.5 Å². The van der Waals surface area contributed by atoms with Crippen LogP contribution in [0.5, 0.6) is 0 Å². The van der Waals surface area contributed by atoms with Crippen molar-refractivity contribution in [3.8, 4) is 0 Å².